The summed E-state index contributed by atoms with van der Waals surface area (Å²) in [4.78, 5) is 11.8. The van der Waals surface area contributed by atoms with Crippen molar-refractivity contribution in [3.8, 4) is 0 Å². The highest BCUT2D eigenvalue weighted by Gasteiger charge is 2.38. The summed E-state index contributed by atoms with van der Waals surface area (Å²) in [6.07, 6.45) is 6.19. The van der Waals surface area contributed by atoms with Crippen molar-refractivity contribution in [2.45, 2.75) is 50.2 Å². The minimum Gasteiger partial charge on any atom is -0.313 e. The second-order valence-corrected chi connectivity index (χ2v) is 6.25. The van der Waals surface area contributed by atoms with Crippen LogP contribution >= 0.6 is 11.8 Å². The number of hydrazine groups is 1. The molecule has 1 heterocycles. The quantitative estimate of drug-likeness (QED) is 0.454. The van der Waals surface area contributed by atoms with E-state index in [4.69, 9.17) is 0 Å². The smallest absolute Gasteiger partial charge is 0.271 e. The molecule has 18 heavy (non-hydrogen) atoms. The second-order valence-electron chi connectivity index (χ2n) is 4.78. The maximum atomic E-state index is 11.8. The lowest BCUT2D eigenvalue weighted by atomic mass is 9.95. The number of hydrogen-bond acceptors (Lipinski definition) is 5. The van der Waals surface area contributed by atoms with Crippen LogP contribution < -0.4 is 21.5 Å². The molecule has 1 saturated carbocycles. The summed E-state index contributed by atoms with van der Waals surface area (Å²) in [5.74, 6) is 0.749. The zero-order valence-electron chi connectivity index (χ0n) is 10.8. The molecule has 2 rings (SSSR count). The first-order chi connectivity index (χ1) is 8.65. The maximum absolute atomic E-state index is 11.8. The Morgan fingerprint density at radius 2 is 2.17 bits per heavy atom. The van der Waals surface area contributed by atoms with Crippen LogP contribution in [0.4, 0.5) is 0 Å². The second kappa shape index (κ2) is 5.95. The highest BCUT2D eigenvalue weighted by molar-refractivity contribution is 8.00. The Kier molecular flexibility index (Phi) is 4.53. The van der Waals surface area contributed by atoms with Crippen LogP contribution in [-0.4, -0.2) is 22.8 Å². The summed E-state index contributed by atoms with van der Waals surface area (Å²) in [5.41, 5.74) is 6.34. The predicted octanol–water partition coefficient (Wildman–Crippen LogP) is 1.01. The molecule has 6 heteroatoms. The van der Waals surface area contributed by atoms with Gasteiger partial charge in [0.15, 0.2) is 0 Å². The van der Waals surface area contributed by atoms with Gasteiger partial charge in [-0.25, -0.2) is 0 Å². The number of carbonyl (C=O) groups excluding carboxylic acids is 1. The predicted molar refractivity (Wildman–Crippen MR) is 74.4 cm³/mol. The fraction of sp³-hybridized carbons (Fsp3) is 0.750. The van der Waals surface area contributed by atoms with Gasteiger partial charge in [0.2, 0.25) is 5.12 Å². The average Bonchev–Trinajstić information content (AvgIpc) is 2.36. The Labute approximate surface area is 113 Å². The van der Waals surface area contributed by atoms with Gasteiger partial charge in [0, 0.05) is 6.04 Å². The third kappa shape index (κ3) is 3.18. The van der Waals surface area contributed by atoms with E-state index < -0.39 is 5.12 Å². The zero-order chi connectivity index (χ0) is 13.0. The number of nitrogens with one attached hydrogen (secondary N) is 4. The Hall–Kier alpha value is -0.720. The molecule has 1 unspecified atom stereocenters. The summed E-state index contributed by atoms with van der Waals surface area (Å²) < 4.78 is 0. The molecule has 0 aromatic heterocycles. The fourth-order valence-electron chi connectivity index (χ4n) is 2.42. The highest BCUT2D eigenvalue weighted by atomic mass is 32.2. The molecule has 0 aromatic rings. The van der Waals surface area contributed by atoms with Gasteiger partial charge in [0.1, 0.15) is 5.70 Å². The number of thioether (sulfide) groups is 1. The molecule has 0 spiro atoms. The summed E-state index contributed by atoms with van der Waals surface area (Å²) in [7, 11) is 0. The number of carbonyl (C=O) groups is 1. The fourth-order valence-corrected chi connectivity index (χ4v) is 3.39. The van der Waals surface area contributed by atoms with E-state index >= 15 is 0 Å². The van der Waals surface area contributed by atoms with Crippen LogP contribution in [0.5, 0.6) is 0 Å². The molecule has 1 aliphatic heterocycles. The first-order valence-corrected chi connectivity index (χ1v) is 7.60. The molecule has 2 fully saturated rings. The van der Waals surface area contributed by atoms with E-state index in [2.05, 4.69) is 35.0 Å². The van der Waals surface area contributed by atoms with Gasteiger partial charge in [-0.15, -0.1) is 11.8 Å². The monoisotopic (exact) mass is 270 g/mol. The topological polar surface area (TPSA) is 65.2 Å². The molecular formula is C12H22N4OS. The Morgan fingerprint density at radius 3 is 2.78 bits per heavy atom. The molecule has 0 bridgehead atoms. The maximum Gasteiger partial charge on any atom is 0.271 e. The summed E-state index contributed by atoms with van der Waals surface area (Å²) >= 11 is 1.64. The van der Waals surface area contributed by atoms with E-state index in [-0.39, 0.29) is 5.91 Å². The van der Waals surface area contributed by atoms with Crippen LogP contribution in [0.2, 0.25) is 0 Å². The Bertz CT molecular complexity index is 330. The molecule has 2 aliphatic rings. The number of amides is 1. The standard InChI is InChI=1S/C12H22N4OS/c1-3-18-12(13-10-7-5-4-6-8-10)14-11(17)9(2)15-16-12/h10,13,15-16H,2-8H2,1H3,(H,14,17). The molecule has 4 N–H and O–H groups in total. The first-order valence-electron chi connectivity index (χ1n) is 6.61. The molecule has 0 radical (unpaired) electrons. The van der Waals surface area contributed by atoms with Crippen molar-refractivity contribution in [1.29, 1.82) is 0 Å². The lowest BCUT2D eigenvalue weighted by Gasteiger charge is -2.42. The lowest BCUT2D eigenvalue weighted by Crippen LogP contribution is -2.74. The lowest BCUT2D eigenvalue weighted by molar-refractivity contribution is -0.121. The van der Waals surface area contributed by atoms with Crippen LogP contribution in [0.3, 0.4) is 0 Å². The van der Waals surface area contributed by atoms with E-state index in [0.717, 1.165) is 5.75 Å². The van der Waals surface area contributed by atoms with Crippen molar-refractivity contribution < 1.29 is 4.79 Å². The van der Waals surface area contributed by atoms with Crippen molar-refractivity contribution >= 4 is 17.7 Å². The van der Waals surface area contributed by atoms with Crippen molar-refractivity contribution in [3.63, 3.8) is 0 Å². The van der Waals surface area contributed by atoms with Gasteiger partial charge in [-0.3, -0.25) is 10.1 Å². The largest absolute Gasteiger partial charge is 0.313 e. The van der Waals surface area contributed by atoms with Crippen molar-refractivity contribution in [1.82, 2.24) is 21.5 Å². The van der Waals surface area contributed by atoms with Crippen LogP contribution in [-0.2, 0) is 4.79 Å². The average molecular weight is 270 g/mol. The van der Waals surface area contributed by atoms with E-state index in [1.807, 2.05) is 0 Å². The molecular weight excluding hydrogens is 248 g/mol. The first kappa shape index (κ1) is 13.7. The molecule has 1 atom stereocenters. The Balaban J connectivity index is 2.01. The van der Waals surface area contributed by atoms with Gasteiger partial charge in [-0.05, 0) is 18.6 Å². The molecule has 5 nitrogen and oxygen atoms in total. The zero-order valence-corrected chi connectivity index (χ0v) is 11.7. The van der Waals surface area contributed by atoms with E-state index in [9.17, 15) is 4.79 Å². The minimum atomic E-state index is -0.616. The van der Waals surface area contributed by atoms with Crippen molar-refractivity contribution in [2.24, 2.45) is 0 Å². The van der Waals surface area contributed by atoms with Gasteiger partial charge in [-0.1, -0.05) is 32.8 Å². The van der Waals surface area contributed by atoms with E-state index in [0.29, 0.717) is 11.7 Å². The molecule has 1 saturated heterocycles. The number of hydrogen-bond donors (Lipinski definition) is 4. The van der Waals surface area contributed by atoms with Crippen LogP contribution in [0.1, 0.15) is 39.0 Å². The van der Waals surface area contributed by atoms with Crippen molar-refractivity contribution in [2.75, 3.05) is 5.75 Å². The SMILES string of the molecule is C=C1NNC(NC2CCCCC2)(SCC)NC1=O. The van der Waals surface area contributed by atoms with Gasteiger partial charge in [0.25, 0.3) is 5.91 Å². The minimum absolute atomic E-state index is 0.155. The summed E-state index contributed by atoms with van der Waals surface area (Å²) in [6.45, 7) is 5.72. The third-order valence-electron chi connectivity index (χ3n) is 3.33. The summed E-state index contributed by atoms with van der Waals surface area (Å²) in [6, 6.07) is 0.457. The third-order valence-corrected chi connectivity index (χ3v) is 4.37. The normalized spacial score (nSPS) is 29.8. The van der Waals surface area contributed by atoms with Crippen LogP contribution in [0.15, 0.2) is 12.3 Å². The van der Waals surface area contributed by atoms with Gasteiger partial charge in [0.05, 0.1) is 0 Å². The van der Waals surface area contributed by atoms with Crippen LogP contribution in [0.25, 0.3) is 0 Å². The molecule has 1 amide bonds. The molecule has 1 aliphatic carbocycles. The van der Waals surface area contributed by atoms with E-state index in [1.54, 1.807) is 11.8 Å². The van der Waals surface area contributed by atoms with Gasteiger partial charge < -0.3 is 10.7 Å². The van der Waals surface area contributed by atoms with Gasteiger partial charge in [-0.2, -0.15) is 5.43 Å². The van der Waals surface area contributed by atoms with E-state index in [1.165, 1.54) is 32.1 Å². The highest BCUT2D eigenvalue weighted by Crippen LogP contribution is 2.24. The molecule has 102 valence electrons. The Morgan fingerprint density at radius 1 is 1.44 bits per heavy atom. The number of rotatable bonds is 4. The van der Waals surface area contributed by atoms with Gasteiger partial charge >= 0.3 is 0 Å². The molecule has 0 aromatic carbocycles. The van der Waals surface area contributed by atoms with Crippen molar-refractivity contribution in [3.05, 3.63) is 12.3 Å². The summed E-state index contributed by atoms with van der Waals surface area (Å²) in [5, 5.41) is 5.89. The van der Waals surface area contributed by atoms with Crippen LogP contribution in [0, 0.1) is 0 Å².